The fourth-order valence-corrected chi connectivity index (χ4v) is 4.22. The van der Waals surface area contributed by atoms with Crippen molar-refractivity contribution in [1.29, 1.82) is 0 Å². The Balaban J connectivity index is 2.08. The molecule has 2 aromatic rings. The summed E-state index contributed by atoms with van der Waals surface area (Å²) < 4.78 is 27.3. The molecule has 0 unspecified atom stereocenters. The standard InChI is InChI=1S/C18H24N2O3S2/c1-3-11-20(12-4-2)18(21)15-7-9-17(10-8-15)25(22,23)19-14-16-6-5-13-24-16/h5-10,13,19H,3-4,11-12,14H2,1-2H3. The van der Waals surface area contributed by atoms with Crippen LogP contribution in [-0.4, -0.2) is 32.3 Å². The van der Waals surface area contributed by atoms with E-state index < -0.39 is 10.0 Å². The van der Waals surface area contributed by atoms with Crippen molar-refractivity contribution >= 4 is 27.3 Å². The number of benzene rings is 1. The van der Waals surface area contributed by atoms with Gasteiger partial charge in [-0.25, -0.2) is 13.1 Å². The minimum atomic E-state index is -3.59. The van der Waals surface area contributed by atoms with Crippen LogP contribution in [-0.2, 0) is 16.6 Å². The lowest BCUT2D eigenvalue weighted by atomic mass is 10.2. The smallest absolute Gasteiger partial charge is 0.253 e. The van der Waals surface area contributed by atoms with Crippen LogP contribution in [0.4, 0.5) is 0 Å². The summed E-state index contributed by atoms with van der Waals surface area (Å²) in [5, 5.41) is 1.91. The van der Waals surface area contributed by atoms with Crippen molar-refractivity contribution in [2.75, 3.05) is 13.1 Å². The molecule has 0 bridgehead atoms. The highest BCUT2D eigenvalue weighted by Gasteiger charge is 2.17. The fourth-order valence-electron chi connectivity index (χ4n) is 2.48. The summed E-state index contributed by atoms with van der Waals surface area (Å²) in [5.74, 6) is -0.0563. The SMILES string of the molecule is CCCN(CCC)C(=O)c1ccc(S(=O)(=O)NCc2cccs2)cc1. The first-order valence-corrected chi connectivity index (χ1v) is 10.8. The molecule has 0 saturated heterocycles. The van der Waals surface area contributed by atoms with E-state index in [9.17, 15) is 13.2 Å². The molecule has 1 amide bonds. The molecule has 0 saturated carbocycles. The van der Waals surface area contributed by atoms with Gasteiger partial charge in [-0.1, -0.05) is 19.9 Å². The quantitative estimate of drug-likeness (QED) is 0.724. The molecular formula is C18H24N2O3S2. The molecule has 1 aromatic heterocycles. The second kappa shape index (κ2) is 9.12. The van der Waals surface area contributed by atoms with Gasteiger partial charge in [0.1, 0.15) is 0 Å². The topological polar surface area (TPSA) is 66.5 Å². The third-order valence-electron chi connectivity index (χ3n) is 3.70. The Labute approximate surface area is 153 Å². The lowest BCUT2D eigenvalue weighted by molar-refractivity contribution is 0.0755. The van der Waals surface area contributed by atoms with Gasteiger partial charge in [0.05, 0.1) is 4.90 Å². The average molecular weight is 381 g/mol. The van der Waals surface area contributed by atoms with Crippen molar-refractivity contribution in [3.63, 3.8) is 0 Å². The molecule has 0 spiro atoms. The van der Waals surface area contributed by atoms with Crippen LogP contribution in [0.5, 0.6) is 0 Å². The molecule has 2 rings (SSSR count). The molecule has 0 fully saturated rings. The van der Waals surface area contributed by atoms with Crippen LogP contribution in [0, 0.1) is 0 Å². The van der Waals surface area contributed by atoms with Crippen LogP contribution in [0.15, 0.2) is 46.7 Å². The Kier molecular flexibility index (Phi) is 7.16. The molecule has 0 atom stereocenters. The number of amides is 1. The Bertz CT molecular complexity index is 763. The molecule has 0 aliphatic rings. The number of nitrogens with one attached hydrogen (secondary N) is 1. The van der Waals surface area contributed by atoms with Crippen LogP contribution in [0.3, 0.4) is 0 Å². The molecule has 0 aliphatic carbocycles. The van der Waals surface area contributed by atoms with Gasteiger partial charge in [0.15, 0.2) is 0 Å². The maximum absolute atomic E-state index is 12.5. The molecule has 1 heterocycles. The first-order chi connectivity index (χ1) is 12.0. The van der Waals surface area contributed by atoms with Gasteiger partial charge in [-0.2, -0.15) is 0 Å². The van der Waals surface area contributed by atoms with Crippen molar-refractivity contribution in [1.82, 2.24) is 9.62 Å². The summed E-state index contributed by atoms with van der Waals surface area (Å²) in [6.45, 7) is 5.74. The molecule has 0 aliphatic heterocycles. The summed E-state index contributed by atoms with van der Waals surface area (Å²) in [4.78, 5) is 15.4. The molecular weight excluding hydrogens is 356 g/mol. The highest BCUT2D eigenvalue weighted by Crippen LogP contribution is 2.15. The number of carbonyl (C=O) groups is 1. The number of hydrogen-bond acceptors (Lipinski definition) is 4. The molecule has 1 aromatic carbocycles. The molecule has 136 valence electrons. The highest BCUT2D eigenvalue weighted by atomic mass is 32.2. The monoisotopic (exact) mass is 380 g/mol. The average Bonchev–Trinajstić information content (AvgIpc) is 3.13. The fraction of sp³-hybridized carbons (Fsp3) is 0.389. The summed E-state index contributed by atoms with van der Waals surface area (Å²) >= 11 is 1.50. The Morgan fingerprint density at radius 3 is 2.24 bits per heavy atom. The van der Waals surface area contributed by atoms with Crippen LogP contribution >= 0.6 is 11.3 Å². The van der Waals surface area contributed by atoms with Crippen LogP contribution in [0.25, 0.3) is 0 Å². The second-order valence-electron chi connectivity index (χ2n) is 5.72. The lowest BCUT2D eigenvalue weighted by Crippen LogP contribution is -2.32. The largest absolute Gasteiger partial charge is 0.339 e. The zero-order chi connectivity index (χ0) is 18.3. The zero-order valence-corrected chi connectivity index (χ0v) is 16.2. The van der Waals surface area contributed by atoms with Gasteiger partial charge in [0, 0.05) is 30.1 Å². The van der Waals surface area contributed by atoms with Crippen molar-refractivity contribution < 1.29 is 13.2 Å². The van der Waals surface area contributed by atoms with Crippen molar-refractivity contribution in [3.05, 3.63) is 52.2 Å². The predicted octanol–water partition coefficient (Wildman–Crippen LogP) is 3.49. The normalized spacial score (nSPS) is 11.4. The van der Waals surface area contributed by atoms with Gasteiger partial charge in [-0.3, -0.25) is 4.79 Å². The highest BCUT2D eigenvalue weighted by molar-refractivity contribution is 7.89. The third kappa shape index (κ3) is 5.39. The maximum atomic E-state index is 12.5. The zero-order valence-electron chi connectivity index (χ0n) is 14.6. The van der Waals surface area contributed by atoms with Crippen LogP contribution < -0.4 is 4.72 Å². The van der Waals surface area contributed by atoms with E-state index in [1.165, 1.54) is 23.5 Å². The molecule has 25 heavy (non-hydrogen) atoms. The Morgan fingerprint density at radius 1 is 1.08 bits per heavy atom. The molecule has 5 nitrogen and oxygen atoms in total. The number of carbonyl (C=O) groups excluding carboxylic acids is 1. The van der Waals surface area contributed by atoms with E-state index in [1.807, 2.05) is 31.4 Å². The molecule has 0 radical (unpaired) electrons. The molecule has 7 heteroatoms. The van der Waals surface area contributed by atoms with Crippen LogP contribution in [0.2, 0.25) is 0 Å². The van der Waals surface area contributed by atoms with Crippen molar-refractivity contribution in [3.8, 4) is 0 Å². The van der Waals surface area contributed by atoms with Crippen LogP contribution in [0.1, 0.15) is 41.9 Å². The minimum absolute atomic E-state index is 0.0563. The summed E-state index contributed by atoms with van der Waals surface area (Å²) in [6.07, 6.45) is 1.79. The number of sulfonamides is 1. The number of thiophene rings is 1. The van der Waals surface area contributed by atoms with E-state index in [2.05, 4.69) is 4.72 Å². The van der Waals surface area contributed by atoms with E-state index >= 15 is 0 Å². The van der Waals surface area contributed by atoms with Crippen molar-refractivity contribution in [2.24, 2.45) is 0 Å². The van der Waals surface area contributed by atoms with E-state index in [-0.39, 0.29) is 17.3 Å². The predicted molar refractivity (Wildman–Crippen MR) is 101 cm³/mol. The van der Waals surface area contributed by atoms with E-state index in [0.29, 0.717) is 18.7 Å². The summed E-state index contributed by atoms with van der Waals surface area (Å²) in [7, 11) is -3.59. The van der Waals surface area contributed by atoms with Gasteiger partial charge in [-0.05, 0) is 48.6 Å². The van der Waals surface area contributed by atoms with E-state index in [0.717, 1.165) is 17.7 Å². The first-order valence-electron chi connectivity index (χ1n) is 8.39. The molecule has 1 N–H and O–H groups in total. The first kappa shape index (κ1) is 19.6. The van der Waals surface area contributed by atoms with Gasteiger partial charge in [0.25, 0.3) is 5.91 Å². The number of nitrogens with zero attached hydrogens (tertiary/aromatic N) is 1. The second-order valence-corrected chi connectivity index (χ2v) is 8.52. The number of rotatable bonds is 9. The van der Waals surface area contributed by atoms with Gasteiger partial charge < -0.3 is 4.90 Å². The van der Waals surface area contributed by atoms with E-state index in [1.54, 1.807) is 17.0 Å². The lowest BCUT2D eigenvalue weighted by Gasteiger charge is -2.21. The van der Waals surface area contributed by atoms with Gasteiger partial charge >= 0.3 is 0 Å². The third-order valence-corrected chi connectivity index (χ3v) is 6.00. The van der Waals surface area contributed by atoms with E-state index in [4.69, 9.17) is 0 Å². The summed E-state index contributed by atoms with van der Waals surface area (Å²) in [6, 6.07) is 9.90. The minimum Gasteiger partial charge on any atom is -0.339 e. The Morgan fingerprint density at radius 2 is 1.72 bits per heavy atom. The van der Waals surface area contributed by atoms with Crippen molar-refractivity contribution in [2.45, 2.75) is 38.1 Å². The summed E-state index contributed by atoms with van der Waals surface area (Å²) in [5.41, 5.74) is 0.513. The number of hydrogen-bond donors (Lipinski definition) is 1. The Hall–Kier alpha value is -1.70. The maximum Gasteiger partial charge on any atom is 0.253 e. The van der Waals surface area contributed by atoms with Gasteiger partial charge in [-0.15, -0.1) is 11.3 Å². The van der Waals surface area contributed by atoms with Gasteiger partial charge in [0.2, 0.25) is 10.0 Å².